The lowest BCUT2D eigenvalue weighted by atomic mass is 9.60. The third-order valence-corrected chi connectivity index (χ3v) is 8.04. The van der Waals surface area contributed by atoms with E-state index in [4.69, 9.17) is 0 Å². The number of halogens is 1. The van der Waals surface area contributed by atoms with Crippen molar-refractivity contribution in [3.05, 3.63) is 77.1 Å². The molecule has 0 heterocycles. The zero-order valence-electron chi connectivity index (χ0n) is 20.1. The van der Waals surface area contributed by atoms with Gasteiger partial charge in [0.1, 0.15) is 0 Å². The Balaban J connectivity index is 2.59. The van der Waals surface area contributed by atoms with Gasteiger partial charge in [0.2, 0.25) is 0 Å². The second-order valence-electron chi connectivity index (χ2n) is 11.3. The van der Waals surface area contributed by atoms with Crippen molar-refractivity contribution in [1.82, 2.24) is 0 Å². The highest BCUT2D eigenvalue weighted by Crippen LogP contribution is 2.51. The Labute approximate surface area is 189 Å². The van der Waals surface area contributed by atoms with E-state index in [1.165, 1.54) is 33.7 Å². The maximum Gasteiger partial charge on any atom is 0.0775 e. The maximum atomic E-state index is 3.69. The van der Waals surface area contributed by atoms with Crippen LogP contribution in [0.4, 0.5) is 0 Å². The van der Waals surface area contributed by atoms with E-state index in [0.29, 0.717) is 4.83 Å². The van der Waals surface area contributed by atoms with Crippen molar-refractivity contribution in [2.24, 2.45) is 10.8 Å². The fourth-order valence-corrected chi connectivity index (χ4v) is 5.43. The molecular weight excluding hydrogens is 432 g/mol. The normalized spacial score (nSPS) is 14.5. The number of hydrogen-bond donors (Lipinski definition) is 0. The first-order valence-electron chi connectivity index (χ1n) is 10.7. The molecule has 0 spiro atoms. The van der Waals surface area contributed by atoms with Crippen LogP contribution in [0, 0.1) is 22.7 Å². The van der Waals surface area contributed by atoms with E-state index in [1.54, 1.807) is 0 Å². The van der Waals surface area contributed by atoms with Crippen molar-refractivity contribution in [3.8, 4) is 0 Å². The van der Waals surface area contributed by atoms with Crippen LogP contribution in [0.1, 0.15) is 70.0 Å². The minimum Gasteiger partial charge on any atom is -0.0842 e. The molecule has 0 amide bonds. The third kappa shape index (κ3) is 6.07. The summed E-state index contributed by atoms with van der Waals surface area (Å²) in [6.07, 6.45) is 0. The van der Waals surface area contributed by atoms with Crippen LogP contribution < -0.4 is 5.19 Å². The Morgan fingerprint density at radius 3 is 1.31 bits per heavy atom. The first-order chi connectivity index (χ1) is 13.1. The van der Waals surface area contributed by atoms with Gasteiger partial charge in [-0.2, -0.15) is 0 Å². The highest BCUT2D eigenvalue weighted by molar-refractivity contribution is 9.09. The second-order valence-corrected chi connectivity index (χ2v) is 17.8. The summed E-state index contributed by atoms with van der Waals surface area (Å²) in [4.78, 5) is 0.370. The Morgan fingerprint density at radius 2 is 1.03 bits per heavy atom. The summed E-state index contributed by atoms with van der Waals surface area (Å²) in [6.45, 7) is 23.5. The number of rotatable bonds is 5. The lowest BCUT2D eigenvalue weighted by Gasteiger charge is -2.43. The molecule has 29 heavy (non-hydrogen) atoms. The molecular formula is C27H39BrSi. The number of alkyl halides is 1. The van der Waals surface area contributed by atoms with Crippen LogP contribution in [-0.4, -0.2) is 8.07 Å². The maximum absolute atomic E-state index is 3.69. The Morgan fingerprint density at radius 1 is 0.690 bits per heavy atom. The molecule has 0 fully saturated rings. The van der Waals surface area contributed by atoms with E-state index in [-0.39, 0.29) is 10.8 Å². The number of hydrogen-bond acceptors (Lipinski definition) is 0. The fraction of sp³-hybridized carbons (Fsp3) is 0.481. The summed E-state index contributed by atoms with van der Waals surface area (Å²) in [5.41, 5.74) is 4.08. The van der Waals surface area contributed by atoms with Crippen LogP contribution in [0.15, 0.2) is 48.5 Å². The van der Waals surface area contributed by atoms with E-state index in [2.05, 4.69) is 133 Å². The van der Waals surface area contributed by atoms with Crippen molar-refractivity contribution >= 4 is 29.2 Å². The van der Waals surface area contributed by atoms with Crippen LogP contribution in [0.3, 0.4) is 0 Å². The standard InChI is InChI=1S/C27H39BrSi/c1-19(28)20-11-13-21(14-12-20)24(26(2,3)4)25(27(5,6)7)22-15-17-23(18-16-22)29(8,9)10/h11-19H,1-10H3. The summed E-state index contributed by atoms with van der Waals surface area (Å²) in [7, 11) is -1.30. The van der Waals surface area contributed by atoms with E-state index >= 15 is 0 Å². The Bertz CT molecular complexity index is 781. The molecule has 2 heteroatoms. The molecule has 2 radical (unpaired) electrons. The summed E-state index contributed by atoms with van der Waals surface area (Å²) in [6, 6.07) is 18.6. The molecule has 158 valence electrons. The minimum absolute atomic E-state index is 0.0433. The second kappa shape index (κ2) is 8.71. The van der Waals surface area contributed by atoms with Crippen LogP contribution in [0.2, 0.25) is 19.6 Å². The zero-order chi connectivity index (χ0) is 22.2. The molecule has 2 rings (SSSR count). The average molecular weight is 472 g/mol. The highest BCUT2D eigenvalue weighted by Gasteiger charge is 2.42. The molecule has 0 saturated heterocycles. The van der Waals surface area contributed by atoms with E-state index in [9.17, 15) is 0 Å². The smallest absolute Gasteiger partial charge is 0.0775 e. The van der Waals surface area contributed by atoms with E-state index in [1.807, 2.05) is 0 Å². The first-order valence-corrected chi connectivity index (χ1v) is 15.1. The summed E-state index contributed by atoms with van der Waals surface area (Å²) < 4.78 is 0. The fourth-order valence-electron chi connectivity index (χ4n) is 3.96. The molecule has 0 saturated carbocycles. The summed E-state index contributed by atoms with van der Waals surface area (Å²) >= 11 is 3.69. The van der Waals surface area contributed by atoms with Gasteiger partial charge in [-0.15, -0.1) is 0 Å². The quantitative estimate of drug-likeness (QED) is 0.304. The lowest BCUT2D eigenvalue weighted by Crippen LogP contribution is -2.38. The predicted octanol–water partition coefficient (Wildman–Crippen LogP) is 8.33. The molecule has 2 aromatic rings. The molecule has 2 aromatic carbocycles. The van der Waals surface area contributed by atoms with Crippen molar-refractivity contribution in [1.29, 1.82) is 0 Å². The van der Waals surface area contributed by atoms with E-state index in [0.717, 1.165) is 0 Å². The average Bonchev–Trinajstić information content (AvgIpc) is 2.57. The van der Waals surface area contributed by atoms with Gasteiger partial charge in [0.25, 0.3) is 0 Å². The van der Waals surface area contributed by atoms with Gasteiger partial charge in [-0.3, -0.25) is 0 Å². The van der Waals surface area contributed by atoms with Crippen LogP contribution >= 0.6 is 15.9 Å². The van der Waals surface area contributed by atoms with Crippen molar-refractivity contribution in [2.45, 2.75) is 72.9 Å². The van der Waals surface area contributed by atoms with Crippen molar-refractivity contribution in [2.75, 3.05) is 0 Å². The SMILES string of the molecule is CC(Br)c1ccc([C]([C](c2ccc([Si](C)(C)C)cc2)C(C)(C)C)C(C)(C)C)cc1. The number of benzene rings is 2. The molecule has 1 atom stereocenters. The van der Waals surface area contributed by atoms with E-state index < -0.39 is 8.07 Å². The van der Waals surface area contributed by atoms with Gasteiger partial charge in [0.15, 0.2) is 0 Å². The van der Waals surface area contributed by atoms with Gasteiger partial charge >= 0.3 is 0 Å². The Kier molecular flexibility index (Phi) is 7.33. The molecule has 0 bridgehead atoms. The highest BCUT2D eigenvalue weighted by atomic mass is 79.9. The van der Waals surface area contributed by atoms with Gasteiger partial charge in [-0.25, -0.2) is 0 Å². The largest absolute Gasteiger partial charge is 0.0842 e. The van der Waals surface area contributed by atoms with Crippen LogP contribution in [-0.2, 0) is 0 Å². The first kappa shape index (κ1) is 24.4. The van der Waals surface area contributed by atoms with Crippen LogP contribution in [0.25, 0.3) is 0 Å². The van der Waals surface area contributed by atoms with Gasteiger partial charge in [-0.05, 0) is 34.4 Å². The molecule has 0 aromatic heterocycles. The molecule has 0 aliphatic carbocycles. The monoisotopic (exact) mass is 470 g/mol. The van der Waals surface area contributed by atoms with Gasteiger partial charge < -0.3 is 0 Å². The molecule has 0 aliphatic heterocycles. The van der Waals surface area contributed by atoms with Gasteiger partial charge in [0.05, 0.1) is 8.07 Å². The Hall–Kier alpha value is -0.863. The van der Waals surface area contributed by atoms with Gasteiger partial charge in [-0.1, -0.05) is 131 Å². The summed E-state index contributed by atoms with van der Waals surface area (Å²) in [5.74, 6) is 2.89. The third-order valence-electron chi connectivity index (χ3n) is 5.45. The molecule has 1 unspecified atom stereocenters. The van der Waals surface area contributed by atoms with Crippen molar-refractivity contribution in [3.63, 3.8) is 0 Å². The van der Waals surface area contributed by atoms with Crippen molar-refractivity contribution < 1.29 is 0 Å². The molecule has 0 aliphatic rings. The topological polar surface area (TPSA) is 0 Å². The molecule has 0 N–H and O–H groups in total. The van der Waals surface area contributed by atoms with Gasteiger partial charge in [0, 0.05) is 16.7 Å². The zero-order valence-corrected chi connectivity index (χ0v) is 22.7. The lowest BCUT2D eigenvalue weighted by molar-refractivity contribution is 0.366. The predicted molar refractivity (Wildman–Crippen MR) is 137 cm³/mol. The minimum atomic E-state index is -1.30. The molecule has 0 nitrogen and oxygen atoms in total. The summed E-state index contributed by atoms with van der Waals surface area (Å²) in [5, 5.41) is 1.52. The van der Waals surface area contributed by atoms with Crippen LogP contribution in [0.5, 0.6) is 0 Å².